The fourth-order valence-corrected chi connectivity index (χ4v) is 2.18. The summed E-state index contributed by atoms with van der Waals surface area (Å²) in [6.45, 7) is 2.76. The van der Waals surface area contributed by atoms with Crippen molar-refractivity contribution in [1.29, 1.82) is 0 Å². The lowest BCUT2D eigenvalue weighted by molar-refractivity contribution is 0.415. The van der Waals surface area contributed by atoms with Gasteiger partial charge in [-0.2, -0.15) is 0 Å². The summed E-state index contributed by atoms with van der Waals surface area (Å²) in [5.41, 5.74) is 6.03. The van der Waals surface area contributed by atoms with Gasteiger partial charge in [-0.25, -0.2) is 0 Å². The van der Waals surface area contributed by atoms with Gasteiger partial charge in [0, 0.05) is 12.6 Å². The van der Waals surface area contributed by atoms with Crippen LogP contribution in [0, 0.1) is 6.92 Å². The average Bonchev–Trinajstić information content (AvgIpc) is 2.84. The highest BCUT2D eigenvalue weighted by atomic mass is 16.3. The molecule has 1 aliphatic rings. The van der Waals surface area contributed by atoms with E-state index in [0.717, 1.165) is 18.1 Å². The molecule has 3 N–H and O–H groups in total. The van der Waals surface area contributed by atoms with Gasteiger partial charge in [-0.1, -0.05) is 12.8 Å². The van der Waals surface area contributed by atoms with Crippen LogP contribution in [0.2, 0.25) is 0 Å². The summed E-state index contributed by atoms with van der Waals surface area (Å²) in [4.78, 5) is 0. The minimum Gasteiger partial charge on any atom is -0.465 e. The van der Waals surface area contributed by atoms with Crippen LogP contribution in [-0.4, -0.2) is 12.6 Å². The summed E-state index contributed by atoms with van der Waals surface area (Å²) in [6.07, 6.45) is 5.30. The fraction of sp³-hybridized carbons (Fsp3) is 0.667. The van der Waals surface area contributed by atoms with Crippen LogP contribution in [0.5, 0.6) is 0 Å². The van der Waals surface area contributed by atoms with Gasteiger partial charge in [-0.15, -0.1) is 0 Å². The molecule has 3 nitrogen and oxygen atoms in total. The summed E-state index contributed by atoms with van der Waals surface area (Å²) in [7, 11) is 0. The molecule has 1 aromatic rings. The molecule has 0 amide bonds. The van der Waals surface area contributed by atoms with Gasteiger partial charge in [0.2, 0.25) is 0 Å². The van der Waals surface area contributed by atoms with Crippen LogP contribution in [0.3, 0.4) is 0 Å². The van der Waals surface area contributed by atoms with E-state index in [1.54, 1.807) is 0 Å². The van der Waals surface area contributed by atoms with Crippen LogP contribution in [0.25, 0.3) is 0 Å². The van der Waals surface area contributed by atoms with Gasteiger partial charge >= 0.3 is 0 Å². The van der Waals surface area contributed by atoms with E-state index in [1.807, 2.05) is 19.1 Å². The molecule has 0 radical (unpaired) electrons. The molecule has 84 valence electrons. The molecule has 2 rings (SSSR count). The number of nitrogens with one attached hydrogen (secondary N) is 1. The van der Waals surface area contributed by atoms with Crippen molar-refractivity contribution in [2.24, 2.45) is 5.73 Å². The Morgan fingerprint density at radius 2 is 2.20 bits per heavy atom. The molecule has 15 heavy (non-hydrogen) atoms. The monoisotopic (exact) mass is 208 g/mol. The maximum Gasteiger partial charge on any atom is 0.122 e. The Hall–Kier alpha value is -0.800. The first-order valence-electron chi connectivity index (χ1n) is 5.81. The zero-order valence-corrected chi connectivity index (χ0v) is 9.33. The second kappa shape index (κ2) is 4.81. The average molecular weight is 208 g/mol. The number of furan rings is 1. The van der Waals surface area contributed by atoms with E-state index in [1.165, 1.54) is 25.7 Å². The lowest BCUT2D eigenvalue weighted by Crippen LogP contribution is -2.33. The van der Waals surface area contributed by atoms with Crippen molar-refractivity contribution in [3.63, 3.8) is 0 Å². The Balaban J connectivity index is 1.79. The van der Waals surface area contributed by atoms with E-state index < -0.39 is 0 Å². The molecule has 1 aliphatic carbocycles. The second-order valence-electron chi connectivity index (χ2n) is 4.44. The second-order valence-corrected chi connectivity index (χ2v) is 4.44. The van der Waals surface area contributed by atoms with Crippen LogP contribution in [0.15, 0.2) is 16.5 Å². The van der Waals surface area contributed by atoms with Crippen molar-refractivity contribution in [1.82, 2.24) is 5.32 Å². The lowest BCUT2D eigenvalue weighted by atomic mass is 10.2. The first-order chi connectivity index (χ1) is 7.25. The van der Waals surface area contributed by atoms with E-state index in [2.05, 4.69) is 5.32 Å². The van der Waals surface area contributed by atoms with Crippen molar-refractivity contribution >= 4 is 0 Å². The number of hydrogen-bond donors (Lipinski definition) is 2. The number of rotatable bonds is 4. The minimum absolute atomic E-state index is 0.0145. The van der Waals surface area contributed by atoms with E-state index in [4.69, 9.17) is 10.2 Å². The van der Waals surface area contributed by atoms with E-state index in [0.29, 0.717) is 6.04 Å². The van der Waals surface area contributed by atoms with Crippen LogP contribution >= 0.6 is 0 Å². The van der Waals surface area contributed by atoms with Gasteiger partial charge < -0.3 is 15.5 Å². The normalized spacial score (nSPS) is 19.6. The first kappa shape index (κ1) is 10.7. The fourth-order valence-electron chi connectivity index (χ4n) is 2.18. The topological polar surface area (TPSA) is 51.2 Å². The lowest BCUT2D eigenvalue weighted by Gasteiger charge is -2.15. The number of nitrogens with two attached hydrogens (primary N) is 1. The maximum absolute atomic E-state index is 6.03. The molecule has 0 bridgehead atoms. The third-order valence-electron chi connectivity index (χ3n) is 3.11. The Kier molecular flexibility index (Phi) is 3.44. The quantitative estimate of drug-likeness (QED) is 0.797. The molecule has 0 aliphatic heterocycles. The van der Waals surface area contributed by atoms with Gasteiger partial charge in [-0.05, 0) is 31.9 Å². The summed E-state index contributed by atoms with van der Waals surface area (Å²) >= 11 is 0. The standard InChI is InChI=1S/C12H20N2O/c1-9-6-7-12(15-9)11(13)8-14-10-4-2-3-5-10/h6-7,10-11,14H,2-5,8,13H2,1H3. The van der Waals surface area contributed by atoms with Gasteiger partial charge in [0.1, 0.15) is 11.5 Å². The van der Waals surface area contributed by atoms with Crippen LogP contribution in [0.4, 0.5) is 0 Å². The number of hydrogen-bond acceptors (Lipinski definition) is 3. The largest absolute Gasteiger partial charge is 0.465 e. The maximum atomic E-state index is 6.03. The summed E-state index contributed by atoms with van der Waals surface area (Å²) in [5.74, 6) is 1.82. The van der Waals surface area contributed by atoms with Crippen molar-refractivity contribution in [3.8, 4) is 0 Å². The Morgan fingerprint density at radius 1 is 1.47 bits per heavy atom. The summed E-state index contributed by atoms with van der Waals surface area (Å²) in [5, 5.41) is 3.50. The third kappa shape index (κ3) is 2.83. The summed E-state index contributed by atoms with van der Waals surface area (Å²) in [6, 6.07) is 4.59. The SMILES string of the molecule is Cc1ccc(C(N)CNC2CCCC2)o1. The van der Waals surface area contributed by atoms with Crippen molar-refractivity contribution in [2.75, 3.05) is 6.54 Å². The highest BCUT2D eigenvalue weighted by Crippen LogP contribution is 2.19. The molecule has 1 fully saturated rings. The molecule has 1 heterocycles. The molecule has 0 aromatic carbocycles. The molecular formula is C12H20N2O. The van der Waals surface area contributed by atoms with Crippen LogP contribution < -0.4 is 11.1 Å². The van der Waals surface area contributed by atoms with E-state index in [9.17, 15) is 0 Å². The van der Waals surface area contributed by atoms with E-state index in [-0.39, 0.29) is 6.04 Å². The summed E-state index contributed by atoms with van der Waals surface area (Å²) < 4.78 is 5.50. The molecule has 1 atom stereocenters. The number of aryl methyl sites for hydroxylation is 1. The minimum atomic E-state index is -0.0145. The molecule has 0 saturated heterocycles. The van der Waals surface area contributed by atoms with Crippen LogP contribution in [-0.2, 0) is 0 Å². The van der Waals surface area contributed by atoms with Gasteiger partial charge in [0.15, 0.2) is 0 Å². The van der Waals surface area contributed by atoms with Crippen molar-refractivity contribution in [3.05, 3.63) is 23.7 Å². The van der Waals surface area contributed by atoms with Crippen molar-refractivity contribution < 1.29 is 4.42 Å². The van der Waals surface area contributed by atoms with Gasteiger partial charge in [-0.3, -0.25) is 0 Å². The highest BCUT2D eigenvalue weighted by Gasteiger charge is 2.16. The zero-order valence-electron chi connectivity index (χ0n) is 9.33. The third-order valence-corrected chi connectivity index (χ3v) is 3.11. The first-order valence-corrected chi connectivity index (χ1v) is 5.81. The smallest absolute Gasteiger partial charge is 0.122 e. The molecule has 1 unspecified atom stereocenters. The van der Waals surface area contributed by atoms with Gasteiger partial charge in [0.25, 0.3) is 0 Å². The van der Waals surface area contributed by atoms with E-state index >= 15 is 0 Å². The predicted octanol–water partition coefficient (Wildman–Crippen LogP) is 2.12. The highest BCUT2D eigenvalue weighted by molar-refractivity contribution is 5.09. The van der Waals surface area contributed by atoms with Gasteiger partial charge in [0.05, 0.1) is 6.04 Å². The molecular weight excluding hydrogens is 188 g/mol. The Labute approximate surface area is 91.0 Å². The zero-order chi connectivity index (χ0) is 10.7. The molecule has 3 heteroatoms. The Morgan fingerprint density at radius 3 is 2.80 bits per heavy atom. The molecule has 0 spiro atoms. The predicted molar refractivity (Wildman–Crippen MR) is 60.6 cm³/mol. The molecule has 1 saturated carbocycles. The Bertz CT molecular complexity index is 302. The van der Waals surface area contributed by atoms with Crippen molar-refractivity contribution in [2.45, 2.75) is 44.7 Å². The van der Waals surface area contributed by atoms with Crippen LogP contribution in [0.1, 0.15) is 43.2 Å². The molecule has 1 aromatic heterocycles.